The Morgan fingerprint density at radius 2 is 0.533 bits per heavy atom. The summed E-state index contributed by atoms with van der Waals surface area (Å²) in [6.07, 6.45) is -2.09. The van der Waals surface area contributed by atoms with Crippen molar-refractivity contribution >= 4 is 0 Å². The van der Waals surface area contributed by atoms with E-state index in [1.54, 1.807) is 0 Å². The van der Waals surface area contributed by atoms with Crippen LogP contribution in [0.1, 0.15) is 40.0 Å². The van der Waals surface area contributed by atoms with Gasteiger partial charge in [-0.25, -0.2) is 0 Å². The van der Waals surface area contributed by atoms with Gasteiger partial charge in [-0.3, -0.25) is 0 Å². The van der Waals surface area contributed by atoms with Gasteiger partial charge >= 0.3 is 0 Å². The maximum absolute atomic E-state index is 8.17. The van der Waals surface area contributed by atoms with Crippen LogP contribution >= 0.6 is 0 Å². The first-order chi connectivity index (χ1) is 13.3. The molecule has 0 fully saturated rings. The predicted molar refractivity (Wildman–Crippen MR) is 99.4 cm³/mol. The van der Waals surface area contributed by atoms with Gasteiger partial charge in [-0.05, 0) is 0 Å². The summed E-state index contributed by atoms with van der Waals surface area (Å²) in [5, 5.41) is 119. The third-order valence-electron chi connectivity index (χ3n) is 2.27. The summed E-state index contributed by atoms with van der Waals surface area (Å²) >= 11 is 0. The number of hydrogen-bond donors (Lipinski definition) is 15. The minimum atomic E-state index is -2.46. The van der Waals surface area contributed by atoms with Crippen molar-refractivity contribution in [3.8, 4) is 0 Å². The van der Waals surface area contributed by atoms with E-state index >= 15 is 0 Å². The van der Waals surface area contributed by atoms with E-state index in [1.165, 1.54) is 20.8 Å². The Kier molecular flexibility index (Phi) is 30.6. The fraction of sp³-hybridized carbons (Fsp3) is 1.00. The fourth-order valence-electron chi connectivity index (χ4n) is 0.115. The van der Waals surface area contributed by atoms with Crippen LogP contribution in [0, 0.1) is 0 Å². The second kappa shape index (κ2) is 23.1. The Labute approximate surface area is 174 Å². The van der Waals surface area contributed by atoms with Gasteiger partial charge in [-0.15, -0.1) is 0 Å². The fourth-order valence-corrected chi connectivity index (χ4v) is 0.115. The Hall–Kier alpha value is -0.600. The predicted octanol–water partition coefficient (Wildman–Crippen LogP) is -6.25. The summed E-state index contributed by atoms with van der Waals surface area (Å²) in [7, 11) is 0. The van der Waals surface area contributed by atoms with Crippen LogP contribution in [0.2, 0.25) is 0 Å². The first-order valence-electron chi connectivity index (χ1n) is 8.61. The van der Waals surface area contributed by atoms with Crippen LogP contribution in [-0.2, 0) is 0 Å². The molecule has 190 valence electrons. The number of rotatable bonds is 7. The standard InChI is InChI=1S/5C3H8O3/c2*4-1-3(6)2-5;3*1-2-3(4,5)6/h2*3-6H,1-2H2;3*4-6H,2H2,1H3. The number of hydrogen-bond acceptors (Lipinski definition) is 15. The van der Waals surface area contributed by atoms with Crippen molar-refractivity contribution < 1.29 is 76.6 Å². The highest BCUT2D eigenvalue weighted by Crippen LogP contribution is 1.96. The Balaban J connectivity index is -0.0000000868. The van der Waals surface area contributed by atoms with Crippen molar-refractivity contribution in [1.29, 1.82) is 0 Å². The van der Waals surface area contributed by atoms with E-state index < -0.39 is 30.1 Å². The lowest BCUT2D eigenvalue weighted by molar-refractivity contribution is -0.313. The van der Waals surface area contributed by atoms with Crippen molar-refractivity contribution in [2.75, 3.05) is 26.4 Å². The molecule has 0 aliphatic carbocycles. The molecule has 0 saturated heterocycles. The Bertz CT molecular complexity index is 257. The van der Waals surface area contributed by atoms with Crippen molar-refractivity contribution in [2.24, 2.45) is 0 Å². The molecule has 0 aliphatic rings. The minimum Gasteiger partial charge on any atom is -0.394 e. The summed E-state index contributed by atoms with van der Waals surface area (Å²) in [5.74, 6) is -7.37. The highest BCUT2D eigenvalue weighted by atomic mass is 16.7. The molecule has 0 aromatic carbocycles. The molecule has 0 rings (SSSR count). The van der Waals surface area contributed by atoms with Crippen LogP contribution in [0.15, 0.2) is 0 Å². The topological polar surface area (TPSA) is 303 Å². The van der Waals surface area contributed by atoms with Crippen LogP contribution in [0.4, 0.5) is 0 Å². The second-order valence-electron chi connectivity index (χ2n) is 5.42. The molecule has 30 heavy (non-hydrogen) atoms. The van der Waals surface area contributed by atoms with E-state index in [1.807, 2.05) is 0 Å². The molecule has 15 nitrogen and oxygen atoms in total. The van der Waals surface area contributed by atoms with Gasteiger partial charge in [0, 0.05) is 19.3 Å². The van der Waals surface area contributed by atoms with Gasteiger partial charge in [0.1, 0.15) is 12.2 Å². The van der Waals surface area contributed by atoms with Crippen molar-refractivity contribution in [2.45, 2.75) is 70.2 Å². The molecule has 15 N–H and O–H groups in total. The molecule has 15 heteroatoms. The lowest BCUT2D eigenvalue weighted by atomic mass is 10.4. The molecule has 0 amide bonds. The summed E-state index contributed by atoms with van der Waals surface area (Å²) in [5.41, 5.74) is 0. The monoisotopic (exact) mass is 460 g/mol. The van der Waals surface area contributed by atoms with Crippen molar-refractivity contribution in [3.05, 3.63) is 0 Å². The van der Waals surface area contributed by atoms with E-state index in [4.69, 9.17) is 76.6 Å². The largest absolute Gasteiger partial charge is 0.394 e. The SMILES string of the molecule is CCC(O)(O)O.CCC(O)(O)O.CCC(O)(O)O.OCC(O)CO.OCC(O)CO. The third kappa shape index (κ3) is 71.0. The van der Waals surface area contributed by atoms with Gasteiger partial charge in [0.2, 0.25) is 0 Å². The van der Waals surface area contributed by atoms with E-state index in [9.17, 15) is 0 Å². The lowest BCUT2D eigenvalue weighted by Gasteiger charge is -2.08. The van der Waals surface area contributed by atoms with Crippen molar-refractivity contribution in [3.63, 3.8) is 0 Å². The highest BCUT2D eigenvalue weighted by molar-refractivity contribution is 4.44. The van der Waals surface area contributed by atoms with E-state index in [2.05, 4.69) is 0 Å². The molecule has 0 aromatic heterocycles. The summed E-state index contributed by atoms with van der Waals surface area (Å²) in [6.45, 7) is 2.92. The van der Waals surface area contributed by atoms with Crippen molar-refractivity contribution in [1.82, 2.24) is 0 Å². The summed E-state index contributed by atoms with van der Waals surface area (Å²) < 4.78 is 0. The Morgan fingerprint density at radius 1 is 0.433 bits per heavy atom. The molecule has 0 radical (unpaired) electrons. The van der Waals surface area contributed by atoms with Gasteiger partial charge in [-0.2, -0.15) is 0 Å². The first-order valence-corrected chi connectivity index (χ1v) is 8.61. The number of aliphatic hydroxyl groups excluding tert-OH is 6. The maximum Gasteiger partial charge on any atom is 0.274 e. The van der Waals surface area contributed by atoms with Gasteiger partial charge in [0.15, 0.2) is 0 Å². The minimum absolute atomic E-state index is 0.0625. The van der Waals surface area contributed by atoms with Crippen LogP contribution in [0.5, 0.6) is 0 Å². The van der Waals surface area contributed by atoms with E-state index in [-0.39, 0.29) is 45.7 Å². The van der Waals surface area contributed by atoms with Gasteiger partial charge in [0.25, 0.3) is 17.9 Å². The van der Waals surface area contributed by atoms with Gasteiger partial charge in [0.05, 0.1) is 26.4 Å². The molecule has 0 aromatic rings. The zero-order valence-corrected chi connectivity index (χ0v) is 17.3. The van der Waals surface area contributed by atoms with Gasteiger partial charge < -0.3 is 76.6 Å². The molecular weight excluding hydrogens is 420 g/mol. The molecule has 0 bridgehead atoms. The zero-order chi connectivity index (χ0) is 25.6. The highest BCUT2D eigenvalue weighted by Gasteiger charge is 2.12. The van der Waals surface area contributed by atoms with E-state index in [0.29, 0.717) is 0 Å². The van der Waals surface area contributed by atoms with Crippen LogP contribution in [0.25, 0.3) is 0 Å². The first kappa shape index (κ1) is 39.8. The second-order valence-corrected chi connectivity index (χ2v) is 5.42. The van der Waals surface area contributed by atoms with Crippen LogP contribution in [-0.4, -0.2) is 133 Å². The number of aliphatic hydroxyl groups is 15. The molecule has 0 aliphatic heterocycles. The molecule has 0 unspecified atom stereocenters. The molecular formula is C15H40O15. The maximum atomic E-state index is 8.17. The summed E-state index contributed by atoms with van der Waals surface area (Å²) in [4.78, 5) is 0. The van der Waals surface area contributed by atoms with Gasteiger partial charge in [-0.1, -0.05) is 20.8 Å². The van der Waals surface area contributed by atoms with Crippen LogP contribution < -0.4 is 0 Å². The normalized spacial score (nSPS) is 11.2. The lowest BCUT2D eigenvalue weighted by Crippen LogP contribution is -2.24. The Morgan fingerprint density at radius 3 is 0.533 bits per heavy atom. The average molecular weight is 460 g/mol. The molecule has 0 saturated carbocycles. The zero-order valence-electron chi connectivity index (χ0n) is 17.3. The third-order valence-corrected chi connectivity index (χ3v) is 2.27. The van der Waals surface area contributed by atoms with Crippen LogP contribution in [0.3, 0.4) is 0 Å². The average Bonchev–Trinajstić information content (AvgIpc) is 2.66. The molecule has 0 atom stereocenters. The molecule has 0 spiro atoms. The molecule has 0 heterocycles. The smallest absolute Gasteiger partial charge is 0.274 e. The summed E-state index contributed by atoms with van der Waals surface area (Å²) in [6, 6.07) is 0. The van der Waals surface area contributed by atoms with E-state index in [0.717, 1.165) is 0 Å². The quantitative estimate of drug-likeness (QED) is 0.157.